The van der Waals surface area contributed by atoms with Crippen molar-refractivity contribution in [2.75, 3.05) is 18.9 Å². The third kappa shape index (κ3) is 3.08. The van der Waals surface area contributed by atoms with Gasteiger partial charge in [0.15, 0.2) is 17.3 Å². The second kappa shape index (κ2) is 6.78. The van der Waals surface area contributed by atoms with Crippen molar-refractivity contribution in [3.63, 3.8) is 0 Å². The van der Waals surface area contributed by atoms with Crippen molar-refractivity contribution in [1.82, 2.24) is 19.5 Å². The van der Waals surface area contributed by atoms with Crippen molar-refractivity contribution < 1.29 is 9.47 Å². The number of nitrogen functional groups attached to an aromatic ring is 1. The Morgan fingerprint density at radius 1 is 1.04 bits per heavy atom. The van der Waals surface area contributed by atoms with Gasteiger partial charge >= 0.3 is 0 Å². The molecule has 3 heterocycles. The molecule has 7 heteroatoms. The van der Waals surface area contributed by atoms with Crippen molar-refractivity contribution in [3.05, 3.63) is 48.5 Å². The Morgan fingerprint density at radius 2 is 1.84 bits per heavy atom. The zero-order valence-electron chi connectivity index (χ0n) is 14.0. The second-order valence-corrected chi connectivity index (χ2v) is 6.14. The molecule has 1 fully saturated rings. The highest BCUT2D eigenvalue weighted by molar-refractivity contribution is 5.80. The lowest BCUT2D eigenvalue weighted by atomic mass is 9.99. The van der Waals surface area contributed by atoms with Crippen LogP contribution in [0.2, 0.25) is 0 Å². The minimum atomic E-state index is -0.606. The van der Waals surface area contributed by atoms with Crippen LogP contribution in [0.5, 0.6) is 0 Å². The Hall–Kier alpha value is -2.51. The molecule has 0 aliphatic carbocycles. The molecule has 4 rings (SSSR count). The fraction of sp³-hybridized carbons (Fsp3) is 0.389. The molecule has 0 amide bonds. The van der Waals surface area contributed by atoms with E-state index in [9.17, 15) is 0 Å². The number of hydrogen-bond donors (Lipinski definition) is 1. The van der Waals surface area contributed by atoms with Crippen LogP contribution in [0.3, 0.4) is 0 Å². The van der Waals surface area contributed by atoms with Gasteiger partial charge in [0.1, 0.15) is 11.8 Å². The third-order valence-electron chi connectivity index (χ3n) is 4.55. The minimum Gasteiger partial charge on any atom is -0.382 e. The van der Waals surface area contributed by atoms with E-state index in [0.29, 0.717) is 24.5 Å². The fourth-order valence-electron chi connectivity index (χ4n) is 3.30. The lowest BCUT2D eigenvalue weighted by Gasteiger charge is -2.28. The number of hydrogen-bond acceptors (Lipinski definition) is 6. The maximum atomic E-state index is 5.97. The number of aromatic nitrogens is 4. The molecule has 2 aromatic heterocycles. The largest absolute Gasteiger partial charge is 0.382 e. The molecular formula is C18H21N5O2. The SMILES string of the molecule is Nc1ncnc2c1ncn2CCCCC1(c2ccccc2)OCCO1. The second-order valence-electron chi connectivity index (χ2n) is 6.14. The molecule has 1 aromatic carbocycles. The average Bonchev–Trinajstić information content (AvgIpc) is 3.28. The summed E-state index contributed by atoms with van der Waals surface area (Å²) in [6, 6.07) is 10.2. The van der Waals surface area contributed by atoms with Crippen molar-refractivity contribution >= 4 is 17.0 Å². The van der Waals surface area contributed by atoms with E-state index in [1.165, 1.54) is 6.33 Å². The maximum absolute atomic E-state index is 5.97. The molecule has 1 aliphatic heterocycles. The van der Waals surface area contributed by atoms with Crippen molar-refractivity contribution in [2.24, 2.45) is 0 Å². The van der Waals surface area contributed by atoms with E-state index in [-0.39, 0.29) is 0 Å². The molecule has 1 aliphatic rings. The number of unbranched alkanes of at least 4 members (excludes halogenated alkanes) is 1. The molecule has 0 spiro atoms. The van der Waals surface area contributed by atoms with E-state index in [4.69, 9.17) is 15.2 Å². The molecule has 0 unspecified atom stereocenters. The summed E-state index contributed by atoms with van der Waals surface area (Å²) in [5, 5.41) is 0. The van der Waals surface area contributed by atoms with Crippen LogP contribution < -0.4 is 5.73 Å². The van der Waals surface area contributed by atoms with Gasteiger partial charge in [-0.25, -0.2) is 15.0 Å². The van der Waals surface area contributed by atoms with Gasteiger partial charge in [0, 0.05) is 18.5 Å². The fourth-order valence-corrected chi connectivity index (χ4v) is 3.30. The molecule has 0 atom stereocenters. The Bertz CT molecular complexity index is 843. The number of ether oxygens (including phenoxy) is 2. The molecule has 0 radical (unpaired) electrons. The highest BCUT2D eigenvalue weighted by Gasteiger charge is 2.37. The average molecular weight is 339 g/mol. The topological polar surface area (TPSA) is 88.1 Å². The minimum absolute atomic E-state index is 0.416. The molecule has 1 saturated heterocycles. The molecule has 2 N–H and O–H groups in total. The first kappa shape index (κ1) is 16.0. The highest BCUT2D eigenvalue weighted by Crippen LogP contribution is 2.36. The van der Waals surface area contributed by atoms with Gasteiger partial charge in [-0.1, -0.05) is 30.3 Å². The van der Waals surface area contributed by atoms with Crippen LogP contribution >= 0.6 is 0 Å². The van der Waals surface area contributed by atoms with Crippen LogP contribution in [0.25, 0.3) is 11.2 Å². The zero-order chi connectivity index (χ0) is 17.1. The lowest BCUT2D eigenvalue weighted by Crippen LogP contribution is -2.27. The van der Waals surface area contributed by atoms with Crippen LogP contribution in [-0.2, 0) is 21.8 Å². The number of nitrogens with two attached hydrogens (primary N) is 1. The standard InChI is InChI=1S/C18H21N5O2/c19-16-15-17(21-12-20-16)23(13-22-15)9-5-4-8-18(24-10-11-25-18)14-6-2-1-3-7-14/h1-3,6-7,12-13H,4-5,8-11H2,(H2,19,20,21). The summed E-state index contributed by atoms with van der Waals surface area (Å²) < 4.78 is 14.0. The van der Waals surface area contributed by atoms with Gasteiger partial charge in [0.05, 0.1) is 19.5 Å². The summed E-state index contributed by atoms with van der Waals surface area (Å²) in [5.74, 6) is -0.190. The summed E-state index contributed by atoms with van der Waals surface area (Å²) in [4.78, 5) is 12.5. The van der Waals surface area contributed by atoms with Crippen molar-refractivity contribution in [2.45, 2.75) is 31.6 Å². The lowest BCUT2D eigenvalue weighted by molar-refractivity contribution is -0.171. The first-order valence-corrected chi connectivity index (χ1v) is 8.53. The van der Waals surface area contributed by atoms with Gasteiger partial charge in [0.25, 0.3) is 0 Å². The number of rotatable bonds is 6. The predicted octanol–water partition coefficient (Wildman–Crippen LogP) is 2.48. The first-order chi connectivity index (χ1) is 12.3. The van der Waals surface area contributed by atoms with Gasteiger partial charge in [-0.05, 0) is 12.8 Å². The quantitative estimate of drug-likeness (QED) is 0.694. The Morgan fingerprint density at radius 3 is 2.64 bits per heavy atom. The molecule has 0 bridgehead atoms. The van der Waals surface area contributed by atoms with Crippen LogP contribution in [0.1, 0.15) is 24.8 Å². The van der Waals surface area contributed by atoms with Gasteiger partial charge < -0.3 is 19.8 Å². The van der Waals surface area contributed by atoms with Crippen molar-refractivity contribution in [3.8, 4) is 0 Å². The van der Waals surface area contributed by atoms with Gasteiger partial charge in [-0.2, -0.15) is 0 Å². The monoisotopic (exact) mass is 339 g/mol. The molecule has 130 valence electrons. The van der Waals surface area contributed by atoms with Gasteiger partial charge in [0.2, 0.25) is 0 Å². The number of fused-ring (bicyclic) bond motifs is 1. The van der Waals surface area contributed by atoms with Gasteiger partial charge in [-0.3, -0.25) is 0 Å². The summed E-state index contributed by atoms with van der Waals surface area (Å²) in [5.41, 5.74) is 8.35. The van der Waals surface area contributed by atoms with Crippen LogP contribution in [0, 0.1) is 0 Å². The number of imidazole rings is 1. The summed E-state index contributed by atoms with van der Waals surface area (Å²) >= 11 is 0. The van der Waals surface area contributed by atoms with E-state index < -0.39 is 5.79 Å². The van der Waals surface area contributed by atoms with E-state index in [1.54, 1.807) is 6.33 Å². The van der Waals surface area contributed by atoms with Crippen molar-refractivity contribution in [1.29, 1.82) is 0 Å². The Labute approximate surface area is 145 Å². The smallest absolute Gasteiger partial charge is 0.194 e. The molecule has 25 heavy (non-hydrogen) atoms. The summed E-state index contributed by atoms with van der Waals surface area (Å²) in [7, 11) is 0. The Balaban J connectivity index is 1.40. The maximum Gasteiger partial charge on any atom is 0.194 e. The number of anilines is 1. The van der Waals surface area contributed by atoms with E-state index in [2.05, 4.69) is 27.1 Å². The van der Waals surface area contributed by atoms with E-state index in [1.807, 2.05) is 22.8 Å². The number of benzene rings is 1. The summed E-state index contributed by atoms with van der Waals surface area (Å²) in [6.07, 6.45) is 6.00. The van der Waals surface area contributed by atoms with Crippen LogP contribution in [-0.4, -0.2) is 32.7 Å². The third-order valence-corrected chi connectivity index (χ3v) is 4.55. The molecule has 3 aromatic rings. The predicted molar refractivity (Wildman–Crippen MR) is 93.6 cm³/mol. The summed E-state index contributed by atoms with van der Waals surface area (Å²) in [6.45, 7) is 2.09. The Kier molecular flexibility index (Phi) is 4.33. The normalized spacial score (nSPS) is 16.5. The zero-order valence-corrected chi connectivity index (χ0v) is 14.0. The number of aryl methyl sites for hydroxylation is 1. The van der Waals surface area contributed by atoms with Gasteiger partial charge in [-0.15, -0.1) is 0 Å². The van der Waals surface area contributed by atoms with Crippen LogP contribution in [0.4, 0.5) is 5.82 Å². The molecule has 7 nitrogen and oxygen atoms in total. The molecular weight excluding hydrogens is 318 g/mol. The van der Waals surface area contributed by atoms with E-state index in [0.717, 1.165) is 37.0 Å². The van der Waals surface area contributed by atoms with Crippen LogP contribution in [0.15, 0.2) is 43.0 Å². The highest BCUT2D eigenvalue weighted by atomic mass is 16.7. The first-order valence-electron chi connectivity index (χ1n) is 8.53. The number of nitrogens with zero attached hydrogens (tertiary/aromatic N) is 4. The van der Waals surface area contributed by atoms with E-state index >= 15 is 0 Å². The molecule has 0 saturated carbocycles.